The average Bonchev–Trinajstić information content (AvgIpc) is 3.15. The first kappa shape index (κ1) is 15.6. The summed E-state index contributed by atoms with van der Waals surface area (Å²) in [6, 6.07) is 14.6. The minimum absolute atomic E-state index is 0.106. The molecule has 0 aliphatic heterocycles. The van der Waals surface area contributed by atoms with Crippen LogP contribution in [0.1, 0.15) is 0 Å². The second-order valence-corrected chi connectivity index (χ2v) is 5.01. The van der Waals surface area contributed by atoms with Crippen molar-refractivity contribution in [2.75, 3.05) is 19.0 Å². The van der Waals surface area contributed by atoms with E-state index < -0.39 is 0 Å². The molecule has 0 spiro atoms. The van der Waals surface area contributed by atoms with Gasteiger partial charge in [0, 0.05) is 23.6 Å². The van der Waals surface area contributed by atoms with Gasteiger partial charge in [-0.25, -0.2) is 4.98 Å². The van der Waals surface area contributed by atoms with Gasteiger partial charge in [0.25, 0.3) is 5.91 Å². The Morgan fingerprint density at radius 1 is 1.17 bits per heavy atom. The number of aromatic amines is 1. The van der Waals surface area contributed by atoms with Crippen LogP contribution in [-0.2, 0) is 4.79 Å². The SMILES string of the molecule is COc1ccccc1OCC(=O)Nc1cccc(-c2ncc[nH]2)c1. The second-order valence-electron chi connectivity index (χ2n) is 5.01. The minimum Gasteiger partial charge on any atom is -0.493 e. The van der Waals surface area contributed by atoms with Gasteiger partial charge < -0.3 is 19.8 Å². The highest BCUT2D eigenvalue weighted by molar-refractivity contribution is 5.92. The highest BCUT2D eigenvalue weighted by Crippen LogP contribution is 2.25. The van der Waals surface area contributed by atoms with Crippen LogP contribution in [0.15, 0.2) is 60.9 Å². The zero-order chi connectivity index (χ0) is 16.8. The summed E-state index contributed by atoms with van der Waals surface area (Å²) >= 11 is 0. The summed E-state index contributed by atoms with van der Waals surface area (Å²) in [6.07, 6.45) is 3.43. The van der Waals surface area contributed by atoms with Gasteiger partial charge in [-0.05, 0) is 24.3 Å². The van der Waals surface area contributed by atoms with Crippen molar-refractivity contribution in [2.24, 2.45) is 0 Å². The third-order valence-corrected chi connectivity index (χ3v) is 3.35. The Hall–Kier alpha value is -3.28. The summed E-state index contributed by atoms with van der Waals surface area (Å²) < 4.78 is 10.7. The number of H-pyrrole nitrogens is 1. The molecule has 2 aromatic carbocycles. The first-order valence-corrected chi connectivity index (χ1v) is 7.42. The first-order valence-electron chi connectivity index (χ1n) is 7.42. The van der Waals surface area contributed by atoms with Crippen LogP contribution in [0.3, 0.4) is 0 Å². The van der Waals surface area contributed by atoms with Crippen molar-refractivity contribution in [2.45, 2.75) is 0 Å². The number of para-hydroxylation sites is 2. The van der Waals surface area contributed by atoms with Crippen molar-refractivity contribution in [3.05, 3.63) is 60.9 Å². The van der Waals surface area contributed by atoms with Crippen LogP contribution in [-0.4, -0.2) is 29.6 Å². The molecule has 0 aliphatic carbocycles. The topological polar surface area (TPSA) is 76.2 Å². The van der Waals surface area contributed by atoms with Crippen molar-refractivity contribution in [3.8, 4) is 22.9 Å². The zero-order valence-electron chi connectivity index (χ0n) is 13.2. The fraction of sp³-hybridized carbons (Fsp3) is 0.111. The molecule has 0 saturated heterocycles. The van der Waals surface area contributed by atoms with E-state index in [0.717, 1.165) is 11.4 Å². The molecule has 24 heavy (non-hydrogen) atoms. The number of hydrogen-bond acceptors (Lipinski definition) is 4. The van der Waals surface area contributed by atoms with E-state index in [1.807, 2.05) is 36.4 Å². The predicted molar refractivity (Wildman–Crippen MR) is 91.1 cm³/mol. The lowest BCUT2D eigenvalue weighted by molar-refractivity contribution is -0.118. The number of carbonyl (C=O) groups excluding carboxylic acids is 1. The molecule has 6 nitrogen and oxygen atoms in total. The summed E-state index contributed by atoms with van der Waals surface area (Å²) in [5.74, 6) is 1.61. The molecular weight excluding hydrogens is 306 g/mol. The van der Waals surface area contributed by atoms with Crippen LogP contribution in [0.4, 0.5) is 5.69 Å². The lowest BCUT2D eigenvalue weighted by Crippen LogP contribution is -2.20. The van der Waals surface area contributed by atoms with Crippen LogP contribution >= 0.6 is 0 Å². The molecule has 0 aliphatic rings. The highest BCUT2D eigenvalue weighted by atomic mass is 16.5. The van der Waals surface area contributed by atoms with Crippen molar-refractivity contribution in [3.63, 3.8) is 0 Å². The quantitative estimate of drug-likeness (QED) is 0.731. The molecule has 6 heteroatoms. The van der Waals surface area contributed by atoms with Gasteiger partial charge in [0.15, 0.2) is 18.1 Å². The summed E-state index contributed by atoms with van der Waals surface area (Å²) in [5, 5.41) is 2.81. The Balaban J connectivity index is 1.62. The lowest BCUT2D eigenvalue weighted by Gasteiger charge is -2.11. The largest absolute Gasteiger partial charge is 0.493 e. The summed E-state index contributed by atoms with van der Waals surface area (Å²) in [6.45, 7) is -0.106. The molecular formula is C18H17N3O3. The fourth-order valence-corrected chi connectivity index (χ4v) is 2.25. The van der Waals surface area contributed by atoms with Gasteiger partial charge in [0.1, 0.15) is 5.82 Å². The third-order valence-electron chi connectivity index (χ3n) is 3.35. The number of nitrogens with one attached hydrogen (secondary N) is 2. The number of imidazole rings is 1. The van der Waals surface area contributed by atoms with Crippen LogP contribution in [0.5, 0.6) is 11.5 Å². The molecule has 3 aromatic rings. The first-order chi connectivity index (χ1) is 11.8. The van der Waals surface area contributed by atoms with E-state index in [4.69, 9.17) is 9.47 Å². The number of ether oxygens (including phenoxy) is 2. The Bertz CT molecular complexity index is 816. The summed E-state index contributed by atoms with van der Waals surface area (Å²) in [7, 11) is 1.56. The molecule has 0 radical (unpaired) electrons. The number of rotatable bonds is 6. The molecule has 122 valence electrons. The standard InChI is InChI=1S/C18H17N3O3/c1-23-15-7-2-3-8-16(15)24-12-17(22)21-14-6-4-5-13(11-14)18-19-9-10-20-18/h2-11H,12H2,1H3,(H,19,20)(H,21,22). The maximum atomic E-state index is 12.1. The molecule has 0 atom stereocenters. The molecule has 0 bridgehead atoms. The van der Waals surface area contributed by atoms with Gasteiger partial charge in [-0.3, -0.25) is 4.79 Å². The van der Waals surface area contributed by atoms with Gasteiger partial charge in [0.2, 0.25) is 0 Å². The van der Waals surface area contributed by atoms with E-state index >= 15 is 0 Å². The molecule has 0 saturated carbocycles. The maximum Gasteiger partial charge on any atom is 0.262 e. The number of benzene rings is 2. The number of aromatic nitrogens is 2. The molecule has 0 unspecified atom stereocenters. The minimum atomic E-state index is -0.252. The molecule has 3 rings (SSSR count). The Morgan fingerprint density at radius 2 is 2.00 bits per heavy atom. The molecule has 1 heterocycles. The average molecular weight is 323 g/mol. The number of methoxy groups -OCH3 is 1. The maximum absolute atomic E-state index is 12.1. The summed E-state index contributed by atoms with van der Waals surface area (Å²) in [5.41, 5.74) is 1.57. The Kier molecular flexibility index (Phi) is 4.76. The fourth-order valence-electron chi connectivity index (χ4n) is 2.25. The lowest BCUT2D eigenvalue weighted by atomic mass is 10.2. The third kappa shape index (κ3) is 3.73. The van der Waals surface area contributed by atoms with Crippen molar-refractivity contribution in [1.29, 1.82) is 0 Å². The van der Waals surface area contributed by atoms with Gasteiger partial charge >= 0.3 is 0 Å². The van der Waals surface area contributed by atoms with E-state index in [1.165, 1.54) is 0 Å². The second kappa shape index (κ2) is 7.32. The van der Waals surface area contributed by atoms with E-state index in [9.17, 15) is 4.79 Å². The number of nitrogens with zero attached hydrogens (tertiary/aromatic N) is 1. The molecule has 2 N–H and O–H groups in total. The molecule has 0 fully saturated rings. The van der Waals surface area contributed by atoms with E-state index in [2.05, 4.69) is 15.3 Å². The zero-order valence-corrected chi connectivity index (χ0v) is 13.2. The van der Waals surface area contributed by atoms with Crippen LogP contribution in [0.2, 0.25) is 0 Å². The van der Waals surface area contributed by atoms with Gasteiger partial charge in [-0.2, -0.15) is 0 Å². The van der Waals surface area contributed by atoms with Crippen LogP contribution in [0, 0.1) is 0 Å². The van der Waals surface area contributed by atoms with Crippen LogP contribution < -0.4 is 14.8 Å². The number of hydrogen-bond donors (Lipinski definition) is 2. The smallest absolute Gasteiger partial charge is 0.262 e. The van der Waals surface area contributed by atoms with Gasteiger partial charge in [-0.15, -0.1) is 0 Å². The number of amides is 1. The normalized spacial score (nSPS) is 10.2. The van der Waals surface area contributed by atoms with Crippen molar-refractivity contribution < 1.29 is 14.3 Å². The molecule has 1 aromatic heterocycles. The van der Waals surface area contributed by atoms with E-state index in [-0.39, 0.29) is 12.5 Å². The van der Waals surface area contributed by atoms with E-state index in [0.29, 0.717) is 17.2 Å². The Morgan fingerprint density at radius 3 is 2.75 bits per heavy atom. The van der Waals surface area contributed by atoms with Gasteiger partial charge in [0.05, 0.1) is 7.11 Å². The highest BCUT2D eigenvalue weighted by Gasteiger charge is 2.08. The predicted octanol–water partition coefficient (Wildman–Crippen LogP) is 3.10. The number of carbonyl (C=O) groups is 1. The molecule has 1 amide bonds. The number of anilines is 1. The van der Waals surface area contributed by atoms with Gasteiger partial charge in [-0.1, -0.05) is 24.3 Å². The van der Waals surface area contributed by atoms with Crippen LogP contribution in [0.25, 0.3) is 11.4 Å². The van der Waals surface area contributed by atoms with Crippen molar-refractivity contribution in [1.82, 2.24) is 9.97 Å². The van der Waals surface area contributed by atoms with E-state index in [1.54, 1.807) is 31.6 Å². The Labute approximate surface area is 139 Å². The van der Waals surface area contributed by atoms with Crippen molar-refractivity contribution >= 4 is 11.6 Å². The monoisotopic (exact) mass is 323 g/mol. The summed E-state index contributed by atoms with van der Waals surface area (Å²) in [4.78, 5) is 19.3.